The van der Waals surface area contributed by atoms with Gasteiger partial charge in [-0.05, 0) is 46.9 Å². The van der Waals surface area contributed by atoms with Crippen LogP contribution in [0.3, 0.4) is 0 Å². The molecule has 0 bridgehead atoms. The van der Waals surface area contributed by atoms with Gasteiger partial charge in [-0.1, -0.05) is 36.4 Å². The maximum atomic E-state index is 10.1. The van der Waals surface area contributed by atoms with Crippen molar-refractivity contribution >= 4 is 44.4 Å². The summed E-state index contributed by atoms with van der Waals surface area (Å²) in [5.74, 6) is 0.322. The van der Waals surface area contributed by atoms with Crippen molar-refractivity contribution < 1.29 is 5.11 Å². The molecule has 0 radical (unpaired) electrons. The normalized spacial score (nSPS) is 11.3. The zero-order valence-corrected chi connectivity index (χ0v) is 13.3. The number of phenolic OH excluding ortho intramolecular Hbond substituents is 1. The number of phenols is 1. The van der Waals surface area contributed by atoms with E-state index in [4.69, 9.17) is 0 Å². The van der Waals surface area contributed by atoms with Crippen LogP contribution < -0.4 is 0 Å². The molecule has 0 spiro atoms. The SMILES string of the molecule is Oc1cc2c(cc1I)c1ccccc1n2-c1ccccc1. The predicted molar refractivity (Wildman–Crippen MR) is 95.2 cm³/mol. The molecule has 2 nitrogen and oxygen atoms in total. The molecule has 0 saturated heterocycles. The van der Waals surface area contributed by atoms with Crippen molar-refractivity contribution in [2.24, 2.45) is 0 Å². The van der Waals surface area contributed by atoms with Crippen molar-refractivity contribution in [1.29, 1.82) is 0 Å². The van der Waals surface area contributed by atoms with Crippen LogP contribution in [0, 0.1) is 3.57 Å². The smallest absolute Gasteiger partial charge is 0.131 e. The number of halogens is 1. The molecule has 4 rings (SSSR count). The van der Waals surface area contributed by atoms with Crippen LogP contribution in [-0.2, 0) is 0 Å². The molecule has 1 heterocycles. The highest BCUT2D eigenvalue weighted by Gasteiger charge is 2.13. The summed E-state index contributed by atoms with van der Waals surface area (Å²) in [6, 6.07) is 22.5. The number of aromatic hydroxyl groups is 1. The number of hydrogen-bond acceptors (Lipinski definition) is 1. The first-order chi connectivity index (χ1) is 10.3. The third kappa shape index (κ3) is 1.92. The Morgan fingerprint density at radius 1 is 0.762 bits per heavy atom. The van der Waals surface area contributed by atoms with E-state index in [1.54, 1.807) is 0 Å². The molecular weight excluding hydrogens is 373 g/mol. The average Bonchev–Trinajstić information content (AvgIpc) is 2.82. The van der Waals surface area contributed by atoms with Crippen LogP contribution in [0.1, 0.15) is 0 Å². The lowest BCUT2D eigenvalue weighted by molar-refractivity contribution is 0.472. The van der Waals surface area contributed by atoms with Crippen molar-refractivity contribution in [1.82, 2.24) is 4.57 Å². The third-order valence-electron chi connectivity index (χ3n) is 3.76. The zero-order chi connectivity index (χ0) is 14.4. The van der Waals surface area contributed by atoms with E-state index < -0.39 is 0 Å². The van der Waals surface area contributed by atoms with Crippen molar-refractivity contribution in [2.75, 3.05) is 0 Å². The molecule has 0 aliphatic heterocycles. The number of aromatic nitrogens is 1. The van der Waals surface area contributed by atoms with Gasteiger partial charge >= 0.3 is 0 Å². The number of rotatable bonds is 1. The maximum Gasteiger partial charge on any atom is 0.131 e. The lowest BCUT2D eigenvalue weighted by Gasteiger charge is -2.07. The molecule has 4 aromatic rings. The summed E-state index contributed by atoms with van der Waals surface area (Å²) < 4.78 is 3.07. The van der Waals surface area contributed by atoms with Crippen molar-refractivity contribution in [3.05, 3.63) is 70.3 Å². The Morgan fingerprint density at radius 3 is 2.29 bits per heavy atom. The molecule has 3 heteroatoms. The van der Waals surface area contributed by atoms with Crippen molar-refractivity contribution in [2.45, 2.75) is 0 Å². The van der Waals surface area contributed by atoms with Gasteiger partial charge in [0.25, 0.3) is 0 Å². The van der Waals surface area contributed by atoms with Crippen molar-refractivity contribution in [3.8, 4) is 11.4 Å². The fourth-order valence-corrected chi connectivity index (χ4v) is 3.30. The van der Waals surface area contributed by atoms with Crippen molar-refractivity contribution in [3.63, 3.8) is 0 Å². The Hall–Kier alpha value is -2.01. The van der Waals surface area contributed by atoms with E-state index in [1.165, 1.54) is 5.39 Å². The summed E-state index contributed by atoms with van der Waals surface area (Å²) in [5.41, 5.74) is 3.28. The van der Waals surface area contributed by atoms with Gasteiger partial charge in [-0.25, -0.2) is 0 Å². The Labute approximate surface area is 135 Å². The molecule has 0 fully saturated rings. The monoisotopic (exact) mass is 385 g/mol. The molecule has 21 heavy (non-hydrogen) atoms. The summed E-state index contributed by atoms with van der Waals surface area (Å²) in [7, 11) is 0. The van der Waals surface area contributed by atoms with Crippen LogP contribution in [0.4, 0.5) is 0 Å². The molecular formula is C18H12INO. The van der Waals surface area contributed by atoms with Gasteiger partial charge in [0.15, 0.2) is 0 Å². The molecule has 1 N–H and O–H groups in total. The molecule has 0 unspecified atom stereocenters. The van der Waals surface area contributed by atoms with Gasteiger partial charge in [0, 0.05) is 22.5 Å². The van der Waals surface area contributed by atoms with E-state index in [0.29, 0.717) is 5.75 Å². The number of fused-ring (bicyclic) bond motifs is 3. The molecule has 1 aromatic heterocycles. The Morgan fingerprint density at radius 2 is 1.48 bits per heavy atom. The minimum Gasteiger partial charge on any atom is -0.507 e. The quantitative estimate of drug-likeness (QED) is 0.454. The van der Waals surface area contributed by atoms with Gasteiger partial charge in [-0.2, -0.15) is 0 Å². The van der Waals surface area contributed by atoms with Gasteiger partial charge in [-0.3, -0.25) is 0 Å². The summed E-state index contributed by atoms with van der Waals surface area (Å²) in [5, 5.41) is 12.5. The highest BCUT2D eigenvalue weighted by atomic mass is 127. The predicted octanol–water partition coefficient (Wildman–Crippen LogP) is 5.09. The molecule has 102 valence electrons. The van der Waals surface area contributed by atoms with E-state index in [2.05, 4.69) is 57.5 Å². The Balaban J connectivity index is 2.24. The van der Waals surface area contributed by atoms with Crippen LogP contribution in [0.25, 0.3) is 27.5 Å². The van der Waals surface area contributed by atoms with Gasteiger partial charge in [0.2, 0.25) is 0 Å². The average molecular weight is 385 g/mol. The molecule has 0 aliphatic rings. The number of benzene rings is 3. The topological polar surface area (TPSA) is 25.2 Å². The fraction of sp³-hybridized carbons (Fsp3) is 0. The summed E-state index contributed by atoms with van der Waals surface area (Å²) >= 11 is 2.17. The number of nitrogens with zero attached hydrogens (tertiary/aromatic N) is 1. The molecule has 3 aromatic carbocycles. The van der Waals surface area contributed by atoms with E-state index in [0.717, 1.165) is 25.7 Å². The fourth-order valence-electron chi connectivity index (χ4n) is 2.83. The maximum absolute atomic E-state index is 10.1. The lowest BCUT2D eigenvalue weighted by Crippen LogP contribution is -1.92. The second-order valence-electron chi connectivity index (χ2n) is 5.01. The molecule has 0 aliphatic carbocycles. The van der Waals surface area contributed by atoms with Gasteiger partial charge in [0.1, 0.15) is 5.75 Å². The Kier molecular flexibility index (Phi) is 2.89. The number of para-hydroxylation sites is 2. The minimum atomic E-state index is 0.322. The van der Waals surface area contributed by atoms with Crippen LogP contribution in [-0.4, -0.2) is 9.67 Å². The van der Waals surface area contributed by atoms with E-state index in [-0.39, 0.29) is 0 Å². The molecule has 0 atom stereocenters. The zero-order valence-electron chi connectivity index (χ0n) is 11.1. The standard InChI is InChI=1S/C18H12INO/c19-15-10-14-13-8-4-5-9-16(13)20(17(14)11-18(15)21)12-6-2-1-3-7-12/h1-11,21H. The molecule has 0 saturated carbocycles. The van der Waals surface area contributed by atoms with Crippen LogP contribution in [0.2, 0.25) is 0 Å². The van der Waals surface area contributed by atoms with E-state index in [1.807, 2.05) is 36.4 Å². The first-order valence-corrected chi connectivity index (χ1v) is 7.80. The third-order valence-corrected chi connectivity index (χ3v) is 4.62. The lowest BCUT2D eigenvalue weighted by atomic mass is 10.1. The molecule has 0 amide bonds. The first-order valence-electron chi connectivity index (χ1n) is 6.73. The van der Waals surface area contributed by atoms with Gasteiger partial charge < -0.3 is 9.67 Å². The van der Waals surface area contributed by atoms with Crippen LogP contribution >= 0.6 is 22.6 Å². The minimum absolute atomic E-state index is 0.322. The largest absolute Gasteiger partial charge is 0.507 e. The highest BCUT2D eigenvalue weighted by Crippen LogP contribution is 2.35. The summed E-state index contributed by atoms with van der Waals surface area (Å²) in [6.07, 6.45) is 0. The summed E-state index contributed by atoms with van der Waals surface area (Å²) in [6.45, 7) is 0. The van der Waals surface area contributed by atoms with Gasteiger partial charge in [-0.15, -0.1) is 0 Å². The van der Waals surface area contributed by atoms with E-state index >= 15 is 0 Å². The highest BCUT2D eigenvalue weighted by molar-refractivity contribution is 14.1. The van der Waals surface area contributed by atoms with Gasteiger partial charge in [0.05, 0.1) is 14.6 Å². The van der Waals surface area contributed by atoms with Crippen LogP contribution in [0.5, 0.6) is 5.75 Å². The summed E-state index contributed by atoms with van der Waals surface area (Å²) in [4.78, 5) is 0. The van der Waals surface area contributed by atoms with Crippen LogP contribution in [0.15, 0.2) is 66.7 Å². The first kappa shape index (κ1) is 12.7. The van der Waals surface area contributed by atoms with E-state index in [9.17, 15) is 5.11 Å². The second kappa shape index (κ2) is 4.77. The number of hydrogen-bond donors (Lipinski definition) is 1. The Bertz CT molecular complexity index is 957. The second-order valence-corrected chi connectivity index (χ2v) is 6.17.